The van der Waals surface area contributed by atoms with E-state index in [1.165, 1.54) is 99.1 Å². The molecule has 0 atom stereocenters. The van der Waals surface area contributed by atoms with Gasteiger partial charge in [0.05, 0.1) is 27.7 Å². The summed E-state index contributed by atoms with van der Waals surface area (Å²) in [5, 5.41) is 8.16. The highest BCUT2D eigenvalue weighted by Crippen LogP contribution is 2.62. The van der Waals surface area contributed by atoms with E-state index in [0.29, 0.717) is 5.95 Å². The van der Waals surface area contributed by atoms with E-state index >= 15 is 0 Å². The van der Waals surface area contributed by atoms with Crippen molar-refractivity contribution in [1.29, 1.82) is 0 Å². The van der Waals surface area contributed by atoms with E-state index in [9.17, 15) is 0 Å². The van der Waals surface area contributed by atoms with E-state index < -0.39 is 5.41 Å². The molecule has 2 aliphatic carbocycles. The van der Waals surface area contributed by atoms with Gasteiger partial charge in [0, 0.05) is 21.7 Å². The van der Waals surface area contributed by atoms with Gasteiger partial charge < -0.3 is 0 Å². The molecule has 2 aliphatic rings. The van der Waals surface area contributed by atoms with Crippen LogP contribution in [0, 0.1) is 0 Å². The maximum Gasteiger partial charge on any atom is 0.235 e. The van der Waals surface area contributed by atoms with E-state index in [0.717, 1.165) is 33.2 Å². The highest BCUT2D eigenvalue weighted by atomic mass is 15.2. The Bertz CT molecular complexity index is 4200. The van der Waals surface area contributed by atoms with Crippen molar-refractivity contribution in [3.05, 3.63) is 259 Å². The SMILES string of the molecule is c1ccc2c(c1)-c1ccccc1-c1ccccc1C1(c3ccccc3-2)c2ccccc2-c2cc3c(cc21)c1c2ccccc2ccc1n3-c1nc(-c2ccc3ccccc3c2)c2ccccc2n1. The van der Waals surface area contributed by atoms with Crippen molar-refractivity contribution < 1.29 is 0 Å². The zero-order valence-electron chi connectivity index (χ0n) is 36.9. The predicted octanol–water partition coefficient (Wildman–Crippen LogP) is 16.4. The number of nitrogens with zero attached hydrogens (tertiary/aromatic N) is 3. The molecular weight excluding hydrogens is 823 g/mol. The zero-order chi connectivity index (χ0) is 44.5. The summed E-state index contributed by atoms with van der Waals surface area (Å²) >= 11 is 0. The summed E-state index contributed by atoms with van der Waals surface area (Å²) in [5.74, 6) is 0.648. The topological polar surface area (TPSA) is 30.7 Å². The molecule has 0 N–H and O–H groups in total. The van der Waals surface area contributed by atoms with Gasteiger partial charge in [0.2, 0.25) is 5.95 Å². The number of hydrogen-bond donors (Lipinski definition) is 0. The molecule has 0 saturated carbocycles. The molecule has 68 heavy (non-hydrogen) atoms. The molecule has 2 aromatic heterocycles. The highest BCUT2D eigenvalue weighted by molar-refractivity contribution is 6.22. The summed E-state index contributed by atoms with van der Waals surface area (Å²) in [7, 11) is 0. The Balaban J connectivity index is 1.11. The van der Waals surface area contributed by atoms with Crippen LogP contribution in [0.3, 0.4) is 0 Å². The molecular formula is C65H39N3. The van der Waals surface area contributed by atoms with Crippen LogP contribution in [0.1, 0.15) is 22.3 Å². The van der Waals surface area contributed by atoms with Gasteiger partial charge in [-0.1, -0.05) is 206 Å². The van der Waals surface area contributed by atoms with Crippen LogP contribution in [0.15, 0.2) is 237 Å². The minimum absolute atomic E-state index is 0.648. The van der Waals surface area contributed by atoms with E-state index in [2.05, 4.69) is 241 Å². The van der Waals surface area contributed by atoms with E-state index in [4.69, 9.17) is 9.97 Å². The molecule has 2 heterocycles. The van der Waals surface area contributed by atoms with Crippen molar-refractivity contribution in [2.45, 2.75) is 5.41 Å². The molecule has 3 heteroatoms. The Morgan fingerprint density at radius 1 is 0.309 bits per heavy atom. The van der Waals surface area contributed by atoms with E-state index in [-0.39, 0.29) is 0 Å². The van der Waals surface area contributed by atoms with E-state index in [1.807, 2.05) is 0 Å². The Morgan fingerprint density at radius 2 is 0.809 bits per heavy atom. The first kappa shape index (κ1) is 37.3. The smallest absolute Gasteiger partial charge is 0.235 e. The van der Waals surface area contributed by atoms with Gasteiger partial charge in [-0.25, -0.2) is 9.97 Å². The number of rotatable bonds is 2. The van der Waals surface area contributed by atoms with Crippen LogP contribution in [-0.4, -0.2) is 14.5 Å². The third kappa shape index (κ3) is 5.02. The first-order valence-electron chi connectivity index (χ1n) is 23.5. The van der Waals surface area contributed by atoms with Gasteiger partial charge in [0.15, 0.2) is 0 Å². The van der Waals surface area contributed by atoms with Gasteiger partial charge in [-0.05, 0) is 119 Å². The highest BCUT2D eigenvalue weighted by Gasteiger charge is 2.49. The predicted molar refractivity (Wildman–Crippen MR) is 281 cm³/mol. The average molecular weight is 862 g/mol. The first-order valence-corrected chi connectivity index (χ1v) is 23.5. The van der Waals surface area contributed by atoms with Crippen molar-refractivity contribution in [2.75, 3.05) is 0 Å². The van der Waals surface area contributed by atoms with Gasteiger partial charge in [-0.3, -0.25) is 4.57 Å². The fourth-order valence-electron chi connectivity index (χ4n) is 12.2. The molecule has 0 saturated heterocycles. The maximum absolute atomic E-state index is 5.61. The molecule has 0 radical (unpaired) electrons. The van der Waals surface area contributed by atoms with Gasteiger partial charge in [0.25, 0.3) is 0 Å². The Kier molecular flexibility index (Phi) is 7.71. The molecule has 15 rings (SSSR count). The lowest BCUT2D eigenvalue weighted by Gasteiger charge is -2.37. The summed E-state index contributed by atoms with van der Waals surface area (Å²) in [5.41, 5.74) is 19.2. The normalized spacial score (nSPS) is 13.1. The Morgan fingerprint density at radius 3 is 1.47 bits per heavy atom. The lowest BCUT2D eigenvalue weighted by Crippen LogP contribution is -2.30. The second-order valence-electron chi connectivity index (χ2n) is 18.4. The molecule has 0 bridgehead atoms. The average Bonchev–Trinajstić information content (AvgIpc) is 3.90. The molecule has 1 spiro atoms. The van der Waals surface area contributed by atoms with Crippen LogP contribution in [-0.2, 0) is 5.41 Å². The van der Waals surface area contributed by atoms with Crippen LogP contribution >= 0.6 is 0 Å². The molecule has 11 aromatic carbocycles. The number of benzene rings is 11. The zero-order valence-corrected chi connectivity index (χ0v) is 36.9. The van der Waals surface area contributed by atoms with Crippen molar-refractivity contribution in [1.82, 2.24) is 14.5 Å². The Hall–Kier alpha value is -8.92. The largest absolute Gasteiger partial charge is 0.278 e. The number of hydrogen-bond acceptors (Lipinski definition) is 2. The molecule has 0 unspecified atom stereocenters. The summed E-state index contributed by atoms with van der Waals surface area (Å²) in [6.45, 7) is 0. The third-order valence-corrected chi connectivity index (χ3v) is 15.0. The van der Waals surface area contributed by atoms with Gasteiger partial charge in [-0.2, -0.15) is 0 Å². The molecule has 0 fully saturated rings. The molecule has 3 nitrogen and oxygen atoms in total. The quantitative estimate of drug-likeness (QED) is 0.173. The summed E-state index contributed by atoms with van der Waals surface area (Å²) in [6.07, 6.45) is 0. The van der Waals surface area contributed by atoms with Gasteiger partial charge in [-0.15, -0.1) is 0 Å². The minimum Gasteiger partial charge on any atom is -0.278 e. The second-order valence-corrected chi connectivity index (χ2v) is 18.4. The van der Waals surface area contributed by atoms with Gasteiger partial charge in [0.1, 0.15) is 0 Å². The maximum atomic E-state index is 5.61. The van der Waals surface area contributed by atoms with Crippen molar-refractivity contribution >= 4 is 54.3 Å². The molecule has 13 aromatic rings. The van der Waals surface area contributed by atoms with Crippen LogP contribution in [0.2, 0.25) is 0 Å². The summed E-state index contributed by atoms with van der Waals surface area (Å²) < 4.78 is 2.33. The van der Waals surface area contributed by atoms with Crippen molar-refractivity contribution in [2.24, 2.45) is 0 Å². The first-order chi connectivity index (χ1) is 33.7. The fraction of sp³-hybridized carbons (Fsp3) is 0.0154. The van der Waals surface area contributed by atoms with Gasteiger partial charge >= 0.3 is 0 Å². The number of aromatic nitrogens is 3. The monoisotopic (exact) mass is 861 g/mol. The summed E-state index contributed by atoms with van der Waals surface area (Å²) in [4.78, 5) is 11.1. The lowest BCUT2D eigenvalue weighted by molar-refractivity contribution is 0.774. The van der Waals surface area contributed by atoms with Crippen LogP contribution in [0.4, 0.5) is 0 Å². The number of fused-ring (bicyclic) bond motifs is 21. The van der Waals surface area contributed by atoms with Crippen LogP contribution in [0.25, 0.3) is 116 Å². The number of para-hydroxylation sites is 1. The van der Waals surface area contributed by atoms with Crippen LogP contribution in [0.5, 0.6) is 0 Å². The van der Waals surface area contributed by atoms with E-state index in [1.54, 1.807) is 0 Å². The standard InChI is InChI=1S/C65H39N3/c1-2-19-42-37-43(34-33-40(42)17-1)63-52-28-12-16-32-59(52)66-64(67-63)68-60-36-35-41-18-3-4-20-44(41)62(60)54-38-58-53(39-61(54)68)51-27-11-15-31-57(51)65(58)55-29-13-9-25-49(55)47-23-7-5-21-45(47)46-22-6-8-24-48(46)50-26-10-14-30-56(50)65/h1-39H. The second kappa shape index (κ2) is 14.0. The molecule has 314 valence electrons. The molecule has 0 aliphatic heterocycles. The van der Waals surface area contributed by atoms with Crippen molar-refractivity contribution in [3.8, 4) is 61.7 Å². The molecule has 0 amide bonds. The Labute approximate surface area is 392 Å². The minimum atomic E-state index is -0.695. The summed E-state index contributed by atoms with van der Waals surface area (Å²) in [6, 6.07) is 87.5. The third-order valence-electron chi connectivity index (χ3n) is 15.0. The van der Waals surface area contributed by atoms with Crippen LogP contribution < -0.4 is 0 Å². The van der Waals surface area contributed by atoms with Crippen molar-refractivity contribution in [3.63, 3.8) is 0 Å². The fourth-order valence-corrected chi connectivity index (χ4v) is 12.2. The lowest BCUT2D eigenvalue weighted by atomic mass is 9.64.